The number of aryl methyl sites for hydroxylation is 1. The van der Waals surface area contributed by atoms with Crippen molar-refractivity contribution < 1.29 is 19.1 Å². The number of likely N-dealkylation sites (tertiary alicyclic amines) is 1. The quantitative estimate of drug-likeness (QED) is 0.361. The molecule has 2 N–H and O–H groups in total. The molecule has 1 aliphatic heterocycles. The smallest absolute Gasteiger partial charge is 0.407 e. The van der Waals surface area contributed by atoms with Crippen molar-refractivity contribution in [2.45, 2.75) is 110 Å². The van der Waals surface area contributed by atoms with E-state index in [1.807, 2.05) is 56.9 Å². The zero-order valence-electron chi connectivity index (χ0n) is 26.8. The van der Waals surface area contributed by atoms with Crippen LogP contribution in [-0.4, -0.2) is 47.0 Å². The van der Waals surface area contributed by atoms with Crippen molar-refractivity contribution in [2.75, 3.05) is 11.9 Å². The minimum absolute atomic E-state index is 0.0437. The number of carbonyl (C=O) groups excluding carboxylic acids is 3. The predicted octanol–water partition coefficient (Wildman–Crippen LogP) is 7.89. The van der Waals surface area contributed by atoms with Crippen molar-refractivity contribution in [3.8, 4) is 0 Å². The van der Waals surface area contributed by atoms with Gasteiger partial charge in [-0.15, -0.1) is 0 Å². The summed E-state index contributed by atoms with van der Waals surface area (Å²) in [7, 11) is 0. The van der Waals surface area contributed by atoms with Crippen LogP contribution in [0.25, 0.3) is 0 Å². The molecule has 4 atom stereocenters. The monoisotopic (exact) mass is 609 g/mol. The largest absolute Gasteiger partial charge is 0.444 e. The van der Waals surface area contributed by atoms with Gasteiger partial charge in [-0.1, -0.05) is 50.9 Å². The van der Waals surface area contributed by atoms with E-state index in [4.69, 9.17) is 16.3 Å². The highest BCUT2D eigenvalue weighted by Gasteiger charge is 2.44. The van der Waals surface area contributed by atoms with Gasteiger partial charge in [0, 0.05) is 34.9 Å². The number of nitrogens with zero attached hydrogens (tertiary/aromatic N) is 1. The van der Waals surface area contributed by atoms with Crippen LogP contribution >= 0.6 is 11.6 Å². The van der Waals surface area contributed by atoms with E-state index in [0.29, 0.717) is 30.0 Å². The third kappa shape index (κ3) is 8.53. The number of benzene rings is 2. The molecular weight excluding hydrogens is 562 g/mol. The third-order valence-electron chi connectivity index (χ3n) is 8.62. The van der Waals surface area contributed by atoms with Crippen molar-refractivity contribution in [3.05, 3.63) is 64.2 Å². The first-order valence-electron chi connectivity index (χ1n) is 15.6. The second kappa shape index (κ2) is 13.3. The van der Waals surface area contributed by atoms with E-state index >= 15 is 0 Å². The molecule has 3 amide bonds. The molecule has 1 aliphatic carbocycles. The Hall–Kier alpha value is -3.06. The van der Waals surface area contributed by atoms with Gasteiger partial charge in [-0.2, -0.15) is 0 Å². The Morgan fingerprint density at radius 2 is 1.70 bits per heavy atom. The van der Waals surface area contributed by atoms with Crippen LogP contribution in [0.15, 0.2) is 42.5 Å². The fourth-order valence-electron chi connectivity index (χ4n) is 6.59. The number of ether oxygens (including phenoxy) is 1. The number of alkyl carbamates (subject to hydrolysis) is 1. The van der Waals surface area contributed by atoms with Gasteiger partial charge in [0.05, 0.1) is 5.92 Å². The fraction of sp³-hybridized carbons (Fsp3) is 0.571. The number of hydrogen-bond acceptors (Lipinski definition) is 4. The number of halogens is 1. The number of piperidine rings is 1. The molecule has 4 rings (SSSR count). The molecule has 1 saturated carbocycles. The van der Waals surface area contributed by atoms with Crippen molar-refractivity contribution in [1.29, 1.82) is 0 Å². The van der Waals surface area contributed by atoms with Crippen LogP contribution in [0.4, 0.5) is 10.5 Å². The molecule has 0 aromatic heterocycles. The number of nitrogens with one attached hydrogen (secondary N) is 2. The fourth-order valence-corrected chi connectivity index (χ4v) is 6.81. The molecule has 0 radical (unpaired) electrons. The molecule has 43 heavy (non-hydrogen) atoms. The third-order valence-corrected chi connectivity index (χ3v) is 8.85. The highest BCUT2D eigenvalue weighted by Crippen LogP contribution is 2.39. The lowest BCUT2D eigenvalue weighted by Gasteiger charge is -2.47. The van der Waals surface area contributed by atoms with Crippen molar-refractivity contribution in [3.63, 3.8) is 0 Å². The molecule has 8 heteroatoms. The first-order valence-corrected chi connectivity index (χ1v) is 16.0. The normalized spacial score (nSPS) is 22.9. The topological polar surface area (TPSA) is 87.7 Å². The minimum atomic E-state index is -0.589. The molecule has 7 nitrogen and oxygen atoms in total. The first-order chi connectivity index (χ1) is 20.1. The molecule has 1 saturated heterocycles. The summed E-state index contributed by atoms with van der Waals surface area (Å²) < 4.78 is 5.53. The van der Waals surface area contributed by atoms with Gasteiger partial charge in [0.15, 0.2) is 0 Å². The second-order valence-corrected chi connectivity index (χ2v) is 14.7. The van der Waals surface area contributed by atoms with Crippen molar-refractivity contribution in [2.24, 2.45) is 11.8 Å². The van der Waals surface area contributed by atoms with Crippen LogP contribution < -0.4 is 10.6 Å². The van der Waals surface area contributed by atoms with Crippen molar-refractivity contribution in [1.82, 2.24) is 10.2 Å². The Morgan fingerprint density at radius 1 is 0.953 bits per heavy atom. The number of hydrogen-bond donors (Lipinski definition) is 2. The zero-order valence-corrected chi connectivity index (χ0v) is 27.5. The van der Waals surface area contributed by atoms with E-state index < -0.39 is 11.7 Å². The maximum Gasteiger partial charge on any atom is 0.407 e. The lowest BCUT2D eigenvalue weighted by Crippen LogP contribution is -2.57. The highest BCUT2D eigenvalue weighted by atomic mass is 35.5. The summed E-state index contributed by atoms with van der Waals surface area (Å²) in [5.41, 5.74) is 2.69. The molecule has 2 aromatic carbocycles. The Kier molecular flexibility index (Phi) is 10.2. The zero-order chi connectivity index (χ0) is 31.5. The standard InChI is InChI=1S/C35H48ClN3O4/c1-22-19-25(36)16-17-28(22)32(41)39-18-10-15-29(31(40)37-27-14-9-12-24(21-27)34(2,3)4)30(39)23-11-8-13-26(20-23)38-33(42)43-35(5,6)7/h9,12,14,16-17,19,21,23,26,29-30H,8,10-11,13,15,18,20H2,1-7H3,(H,37,40)(H,38,42)/t23?,26?,29-,30-/m0/s1. The summed E-state index contributed by atoms with van der Waals surface area (Å²) in [6, 6.07) is 13.0. The van der Waals surface area contributed by atoms with Gasteiger partial charge < -0.3 is 20.3 Å². The van der Waals surface area contributed by atoms with Crippen LogP contribution in [0.3, 0.4) is 0 Å². The van der Waals surface area contributed by atoms with E-state index in [2.05, 4.69) is 37.5 Å². The molecule has 2 aliphatic rings. The molecule has 2 aromatic rings. The average molecular weight is 610 g/mol. The maximum absolute atomic E-state index is 14.1. The van der Waals surface area contributed by atoms with Crippen LogP contribution in [0.1, 0.15) is 102 Å². The first kappa shape index (κ1) is 32.8. The summed E-state index contributed by atoms with van der Waals surface area (Å²) in [4.78, 5) is 42.8. The number of rotatable bonds is 5. The second-order valence-electron chi connectivity index (χ2n) is 14.3. The maximum atomic E-state index is 14.1. The minimum Gasteiger partial charge on any atom is -0.444 e. The van der Waals surface area contributed by atoms with Gasteiger partial charge in [0.1, 0.15) is 5.60 Å². The van der Waals surface area contributed by atoms with Gasteiger partial charge in [-0.25, -0.2) is 4.79 Å². The van der Waals surface area contributed by atoms with E-state index in [0.717, 1.165) is 42.5 Å². The van der Waals surface area contributed by atoms with E-state index in [1.165, 1.54) is 0 Å². The van der Waals surface area contributed by atoms with Crippen LogP contribution in [-0.2, 0) is 14.9 Å². The molecule has 234 valence electrons. The number of anilines is 1. The molecule has 2 fully saturated rings. The van der Waals surface area contributed by atoms with Crippen LogP contribution in [0.5, 0.6) is 0 Å². The summed E-state index contributed by atoms with van der Waals surface area (Å²) in [6.07, 6.45) is 4.29. The Labute approximate surface area is 262 Å². The lowest BCUT2D eigenvalue weighted by molar-refractivity contribution is -0.124. The molecule has 0 spiro atoms. The summed E-state index contributed by atoms with van der Waals surface area (Å²) in [6.45, 7) is 14.5. The van der Waals surface area contributed by atoms with Crippen LogP contribution in [0.2, 0.25) is 5.02 Å². The molecule has 1 heterocycles. The lowest BCUT2D eigenvalue weighted by atomic mass is 9.72. The van der Waals surface area contributed by atoms with Crippen molar-refractivity contribution >= 4 is 35.2 Å². The van der Waals surface area contributed by atoms with Gasteiger partial charge in [0.2, 0.25) is 5.91 Å². The van der Waals surface area contributed by atoms with Crippen LogP contribution in [0, 0.1) is 18.8 Å². The average Bonchev–Trinajstić information content (AvgIpc) is 2.91. The summed E-state index contributed by atoms with van der Waals surface area (Å²) >= 11 is 6.21. The molecule has 2 unspecified atom stereocenters. The SMILES string of the molecule is Cc1cc(Cl)ccc1C(=O)N1CCC[C@H](C(=O)Nc2cccc(C(C)(C)C)c2)[C@@H]1C1CCCC(NC(=O)OC(C)(C)C)C1. The van der Waals surface area contributed by atoms with E-state index in [-0.39, 0.29) is 41.1 Å². The summed E-state index contributed by atoms with van der Waals surface area (Å²) in [5.74, 6) is -0.478. The highest BCUT2D eigenvalue weighted by molar-refractivity contribution is 6.30. The van der Waals surface area contributed by atoms with E-state index in [9.17, 15) is 14.4 Å². The molecule has 0 bridgehead atoms. The Bertz CT molecular complexity index is 1330. The summed E-state index contributed by atoms with van der Waals surface area (Å²) in [5, 5.41) is 6.84. The Balaban J connectivity index is 1.63. The van der Waals surface area contributed by atoms with Gasteiger partial charge in [-0.05, 0) is 113 Å². The number of carbonyl (C=O) groups is 3. The Morgan fingerprint density at radius 3 is 2.37 bits per heavy atom. The number of amides is 3. The predicted molar refractivity (Wildman–Crippen MR) is 173 cm³/mol. The van der Waals surface area contributed by atoms with Gasteiger partial charge >= 0.3 is 6.09 Å². The van der Waals surface area contributed by atoms with Gasteiger partial charge in [-0.3, -0.25) is 9.59 Å². The van der Waals surface area contributed by atoms with E-state index in [1.54, 1.807) is 12.1 Å². The molecular formula is C35H48ClN3O4. The van der Waals surface area contributed by atoms with Gasteiger partial charge in [0.25, 0.3) is 5.91 Å².